The monoisotopic (exact) mass is 313 g/mol. The molecule has 0 unspecified atom stereocenters. The summed E-state index contributed by atoms with van der Waals surface area (Å²) in [6.07, 6.45) is 0. The summed E-state index contributed by atoms with van der Waals surface area (Å²) < 4.78 is 5.10. The van der Waals surface area contributed by atoms with Crippen LogP contribution in [0.15, 0.2) is 47.5 Å². The Labute approximate surface area is 131 Å². The smallest absolute Gasteiger partial charge is 0.339 e. The second-order valence-electron chi connectivity index (χ2n) is 4.33. The number of nitrogens with zero attached hydrogens (tertiary/aromatic N) is 1. The maximum atomic E-state index is 11.3. The van der Waals surface area contributed by atoms with E-state index in [0.29, 0.717) is 16.8 Å². The number of benzene rings is 2. The molecule has 22 heavy (non-hydrogen) atoms. The molecular weight excluding hydrogens is 302 g/mol. The average Bonchev–Trinajstić information content (AvgIpc) is 2.48. The van der Waals surface area contributed by atoms with Gasteiger partial charge < -0.3 is 9.84 Å². The number of hydrogen-bond acceptors (Lipinski definition) is 5. The summed E-state index contributed by atoms with van der Waals surface area (Å²) in [5.41, 5.74) is 1.76. The maximum Gasteiger partial charge on any atom is 0.339 e. The van der Waals surface area contributed by atoms with Gasteiger partial charge in [-0.15, -0.1) is 0 Å². The Balaban J connectivity index is 2.58. The van der Waals surface area contributed by atoms with Crippen LogP contribution in [0.3, 0.4) is 0 Å². The molecule has 0 saturated heterocycles. The molecule has 2 rings (SSSR count). The standard InChI is InChI=1S/C16H11NO4S/c1-10(18)21-15-13(3-2-4-14(15)16(19)20)11-5-7-12(8-6-11)17-9-22/h2-8H,1H3,(H,19,20). The second kappa shape index (κ2) is 6.76. The quantitative estimate of drug-likeness (QED) is 0.403. The number of ether oxygens (including phenoxy) is 1. The van der Waals surface area contributed by atoms with Gasteiger partial charge in [0.1, 0.15) is 5.56 Å². The number of aromatic carboxylic acids is 1. The number of para-hydroxylation sites is 1. The number of esters is 1. The first-order valence-corrected chi connectivity index (χ1v) is 6.67. The van der Waals surface area contributed by atoms with Crippen molar-refractivity contribution in [1.29, 1.82) is 0 Å². The predicted molar refractivity (Wildman–Crippen MR) is 84.8 cm³/mol. The molecule has 0 aliphatic rings. The summed E-state index contributed by atoms with van der Waals surface area (Å²) in [6.45, 7) is 1.22. The zero-order valence-electron chi connectivity index (χ0n) is 11.6. The van der Waals surface area contributed by atoms with Gasteiger partial charge in [0, 0.05) is 12.5 Å². The normalized spacial score (nSPS) is 9.68. The molecule has 2 aromatic carbocycles. The lowest BCUT2D eigenvalue weighted by Crippen LogP contribution is -2.08. The minimum atomic E-state index is -1.17. The SMILES string of the molecule is CC(=O)Oc1c(C(=O)O)cccc1-c1ccc(N=C=S)cc1. The molecule has 0 aromatic heterocycles. The lowest BCUT2D eigenvalue weighted by Gasteiger charge is -2.12. The summed E-state index contributed by atoms with van der Waals surface area (Å²) in [4.78, 5) is 26.4. The Morgan fingerprint density at radius 3 is 2.41 bits per heavy atom. The molecule has 0 spiro atoms. The van der Waals surface area contributed by atoms with E-state index in [2.05, 4.69) is 22.4 Å². The molecule has 0 saturated carbocycles. The van der Waals surface area contributed by atoms with Crippen molar-refractivity contribution in [2.24, 2.45) is 4.99 Å². The fraction of sp³-hybridized carbons (Fsp3) is 0.0625. The third-order valence-electron chi connectivity index (χ3n) is 2.84. The van der Waals surface area contributed by atoms with Gasteiger partial charge in [0.15, 0.2) is 5.75 Å². The van der Waals surface area contributed by atoms with Crippen molar-refractivity contribution in [3.8, 4) is 16.9 Å². The molecular formula is C16H11NO4S. The van der Waals surface area contributed by atoms with E-state index in [1.165, 1.54) is 13.0 Å². The van der Waals surface area contributed by atoms with Crippen LogP contribution < -0.4 is 4.74 Å². The molecule has 0 aliphatic carbocycles. The van der Waals surface area contributed by atoms with Crippen LogP contribution >= 0.6 is 12.2 Å². The Morgan fingerprint density at radius 2 is 1.86 bits per heavy atom. The van der Waals surface area contributed by atoms with E-state index in [0.717, 1.165) is 0 Å². The Morgan fingerprint density at radius 1 is 1.18 bits per heavy atom. The number of rotatable bonds is 4. The van der Waals surface area contributed by atoms with Crippen LogP contribution in [-0.4, -0.2) is 22.2 Å². The van der Waals surface area contributed by atoms with Gasteiger partial charge in [0.05, 0.1) is 10.8 Å². The van der Waals surface area contributed by atoms with Gasteiger partial charge in [0.25, 0.3) is 0 Å². The van der Waals surface area contributed by atoms with Crippen LogP contribution in [0.25, 0.3) is 11.1 Å². The first kappa shape index (κ1) is 15.6. The van der Waals surface area contributed by atoms with Crippen LogP contribution in [0.2, 0.25) is 0 Å². The molecule has 0 bridgehead atoms. The molecule has 6 heteroatoms. The van der Waals surface area contributed by atoms with E-state index in [9.17, 15) is 14.7 Å². The first-order chi connectivity index (χ1) is 10.5. The molecule has 0 heterocycles. The molecule has 0 amide bonds. The largest absolute Gasteiger partial charge is 0.478 e. The van der Waals surface area contributed by atoms with Crippen molar-refractivity contribution in [2.75, 3.05) is 0 Å². The van der Waals surface area contributed by atoms with Gasteiger partial charge in [-0.3, -0.25) is 4.79 Å². The third-order valence-corrected chi connectivity index (χ3v) is 2.94. The van der Waals surface area contributed by atoms with E-state index in [1.54, 1.807) is 36.4 Å². The zero-order chi connectivity index (χ0) is 16.1. The number of aliphatic imine (C=N–C) groups is 1. The molecule has 5 nitrogen and oxygen atoms in total. The van der Waals surface area contributed by atoms with Gasteiger partial charge in [-0.05, 0) is 36.0 Å². The predicted octanol–water partition coefficient (Wildman–Crippen LogP) is 3.71. The van der Waals surface area contributed by atoms with Gasteiger partial charge in [-0.25, -0.2) is 4.79 Å². The summed E-state index contributed by atoms with van der Waals surface area (Å²) >= 11 is 4.53. The molecule has 0 radical (unpaired) electrons. The van der Waals surface area contributed by atoms with Crippen molar-refractivity contribution in [1.82, 2.24) is 0 Å². The zero-order valence-corrected chi connectivity index (χ0v) is 12.4. The van der Waals surface area contributed by atoms with E-state index < -0.39 is 11.9 Å². The third kappa shape index (κ3) is 3.44. The number of carboxylic acid groups (broad SMARTS) is 1. The van der Waals surface area contributed by atoms with Crippen molar-refractivity contribution in [3.63, 3.8) is 0 Å². The van der Waals surface area contributed by atoms with Crippen molar-refractivity contribution in [2.45, 2.75) is 6.92 Å². The fourth-order valence-corrected chi connectivity index (χ4v) is 2.06. The summed E-state index contributed by atoms with van der Waals surface area (Å²) in [6, 6.07) is 11.5. The van der Waals surface area contributed by atoms with Gasteiger partial charge >= 0.3 is 11.9 Å². The van der Waals surface area contributed by atoms with Crippen molar-refractivity contribution >= 4 is 35.0 Å². The van der Waals surface area contributed by atoms with E-state index in [-0.39, 0.29) is 11.3 Å². The first-order valence-electron chi connectivity index (χ1n) is 6.26. The molecule has 1 N–H and O–H groups in total. The summed E-state index contributed by atoms with van der Waals surface area (Å²) in [5.74, 6) is -1.73. The highest BCUT2D eigenvalue weighted by Crippen LogP contribution is 2.34. The van der Waals surface area contributed by atoms with E-state index >= 15 is 0 Å². The lowest BCUT2D eigenvalue weighted by molar-refractivity contribution is -0.131. The summed E-state index contributed by atoms with van der Waals surface area (Å²) in [5, 5.41) is 11.5. The second-order valence-corrected chi connectivity index (χ2v) is 4.51. The van der Waals surface area contributed by atoms with Gasteiger partial charge in [0.2, 0.25) is 0 Å². The highest BCUT2D eigenvalue weighted by molar-refractivity contribution is 7.78. The minimum Gasteiger partial charge on any atom is -0.478 e. The number of carbonyl (C=O) groups excluding carboxylic acids is 1. The number of isothiocyanates is 1. The van der Waals surface area contributed by atoms with Gasteiger partial charge in [-0.1, -0.05) is 24.3 Å². The molecule has 0 aliphatic heterocycles. The van der Waals surface area contributed by atoms with Crippen molar-refractivity contribution in [3.05, 3.63) is 48.0 Å². The molecule has 0 atom stereocenters. The van der Waals surface area contributed by atoms with Crippen LogP contribution in [0.5, 0.6) is 5.75 Å². The lowest BCUT2D eigenvalue weighted by atomic mass is 10.0. The van der Waals surface area contributed by atoms with E-state index in [1.807, 2.05) is 0 Å². The van der Waals surface area contributed by atoms with Crippen LogP contribution in [0.4, 0.5) is 5.69 Å². The summed E-state index contributed by atoms with van der Waals surface area (Å²) in [7, 11) is 0. The average molecular weight is 313 g/mol. The van der Waals surface area contributed by atoms with Crippen LogP contribution in [-0.2, 0) is 4.79 Å². The Hall–Kier alpha value is -2.82. The Kier molecular flexibility index (Phi) is 4.78. The molecule has 110 valence electrons. The molecule has 0 fully saturated rings. The van der Waals surface area contributed by atoms with Gasteiger partial charge in [-0.2, -0.15) is 4.99 Å². The minimum absolute atomic E-state index is 0.0218. The highest BCUT2D eigenvalue weighted by atomic mass is 32.1. The van der Waals surface area contributed by atoms with Crippen LogP contribution in [0.1, 0.15) is 17.3 Å². The number of thiocarbonyl (C=S) groups is 1. The topological polar surface area (TPSA) is 76.0 Å². The van der Waals surface area contributed by atoms with E-state index in [4.69, 9.17) is 4.74 Å². The fourth-order valence-electron chi connectivity index (χ4n) is 1.95. The Bertz CT molecular complexity index is 777. The van der Waals surface area contributed by atoms with Crippen LogP contribution in [0, 0.1) is 0 Å². The number of carboxylic acids is 1. The highest BCUT2D eigenvalue weighted by Gasteiger charge is 2.18. The van der Waals surface area contributed by atoms with Crippen molar-refractivity contribution < 1.29 is 19.4 Å². The molecule has 2 aromatic rings. The maximum absolute atomic E-state index is 11.3. The number of carbonyl (C=O) groups is 2. The number of hydrogen-bond donors (Lipinski definition) is 1.